The molecule has 170 valence electrons. The van der Waals surface area contributed by atoms with Crippen molar-refractivity contribution in [2.75, 3.05) is 13.1 Å². The zero-order chi connectivity index (χ0) is 23.3. The van der Waals surface area contributed by atoms with Crippen LogP contribution >= 0.6 is 0 Å². The summed E-state index contributed by atoms with van der Waals surface area (Å²) in [7, 11) is -3.58. The minimum absolute atomic E-state index is 0.0123. The molecule has 7 nitrogen and oxygen atoms in total. The third-order valence-electron chi connectivity index (χ3n) is 5.51. The van der Waals surface area contributed by atoms with E-state index in [9.17, 15) is 18.0 Å². The van der Waals surface area contributed by atoms with Crippen molar-refractivity contribution >= 4 is 15.7 Å². The Labute approximate surface area is 192 Å². The van der Waals surface area contributed by atoms with Crippen molar-refractivity contribution in [3.05, 3.63) is 111 Å². The lowest BCUT2D eigenvalue weighted by atomic mass is 10.0. The van der Waals surface area contributed by atoms with Crippen LogP contribution < -0.4 is 10.9 Å². The standard InChI is InChI=1S/C25H25N3O4S/c29-24(26-13-7-15-33(31,32)21-10-5-2-6-11-21)22-16-20-18-28(14-12-23(20)27-25(22)30)17-19-8-3-1-4-9-19/h1-11,15-16H,12-14,17-18H2,(H,26,29)(H,27,30)/b15-7+. The first-order chi connectivity index (χ1) is 15.9. The molecule has 8 heteroatoms. The molecule has 1 aliphatic rings. The Bertz CT molecular complexity index is 1320. The lowest BCUT2D eigenvalue weighted by molar-refractivity contribution is 0.0956. The number of hydrogen-bond donors (Lipinski definition) is 2. The number of rotatable bonds is 7. The first-order valence-corrected chi connectivity index (χ1v) is 12.2. The van der Waals surface area contributed by atoms with Gasteiger partial charge in [-0.25, -0.2) is 8.42 Å². The summed E-state index contributed by atoms with van der Waals surface area (Å²) in [6, 6.07) is 19.8. The number of H-pyrrole nitrogens is 1. The predicted molar refractivity (Wildman–Crippen MR) is 126 cm³/mol. The molecule has 1 aliphatic heterocycles. The highest BCUT2D eigenvalue weighted by molar-refractivity contribution is 7.94. The van der Waals surface area contributed by atoms with Crippen molar-refractivity contribution < 1.29 is 13.2 Å². The number of aromatic amines is 1. The molecule has 1 aromatic heterocycles. The fourth-order valence-electron chi connectivity index (χ4n) is 3.82. The topological polar surface area (TPSA) is 99.3 Å². The third-order valence-corrected chi connectivity index (χ3v) is 6.99. The lowest BCUT2D eigenvalue weighted by Gasteiger charge is -2.28. The van der Waals surface area contributed by atoms with E-state index in [4.69, 9.17) is 0 Å². The minimum Gasteiger partial charge on any atom is -0.348 e. The van der Waals surface area contributed by atoms with Crippen LogP contribution in [0.25, 0.3) is 0 Å². The smallest absolute Gasteiger partial charge is 0.261 e. The number of pyridine rings is 1. The average molecular weight is 464 g/mol. The molecular weight excluding hydrogens is 438 g/mol. The largest absolute Gasteiger partial charge is 0.348 e. The van der Waals surface area contributed by atoms with E-state index in [1.807, 2.05) is 18.2 Å². The lowest BCUT2D eigenvalue weighted by Crippen LogP contribution is -2.35. The molecule has 2 N–H and O–H groups in total. The molecule has 0 aliphatic carbocycles. The van der Waals surface area contributed by atoms with Crippen molar-refractivity contribution in [3.63, 3.8) is 0 Å². The zero-order valence-corrected chi connectivity index (χ0v) is 18.8. The molecule has 1 amide bonds. The quantitative estimate of drug-likeness (QED) is 0.561. The van der Waals surface area contributed by atoms with Gasteiger partial charge in [0.15, 0.2) is 9.84 Å². The van der Waals surface area contributed by atoms with Gasteiger partial charge in [-0.15, -0.1) is 0 Å². The molecule has 0 radical (unpaired) electrons. The number of sulfone groups is 1. The second-order valence-corrected chi connectivity index (χ2v) is 9.74. The highest BCUT2D eigenvalue weighted by atomic mass is 32.2. The molecule has 33 heavy (non-hydrogen) atoms. The number of amides is 1. The second kappa shape index (κ2) is 9.97. The maximum absolute atomic E-state index is 12.6. The van der Waals surface area contributed by atoms with Crippen molar-refractivity contribution in [3.8, 4) is 0 Å². The summed E-state index contributed by atoms with van der Waals surface area (Å²) in [5, 5.41) is 3.65. The zero-order valence-electron chi connectivity index (χ0n) is 18.0. The van der Waals surface area contributed by atoms with Crippen LogP contribution in [0.5, 0.6) is 0 Å². The van der Waals surface area contributed by atoms with E-state index in [-0.39, 0.29) is 17.0 Å². The Morgan fingerprint density at radius 2 is 1.76 bits per heavy atom. The Morgan fingerprint density at radius 1 is 1.06 bits per heavy atom. The molecule has 3 aromatic rings. The van der Waals surface area contributed by atoms with Gasteiger partial charge >= 0.3 is 0 Å². The monoisotopic (exact) mass is 463 g/mol. The van der Waals surface area contributed by atoms with Crippen molar-refractivity contribution in [2.45, 2.75) is 24.4 Å². The van der Waals surface area contributed by atoms with Crippen LogP contribution in [0.15, 0.2) is 87.9 Å². The Kier molecular flexibility index (Phi) is 6.86. The van der Waals surface area contributed by atoms with Gasteiger partial charge in [0.25, 0.3) is 11.5 Å². The number of carbonyl (C=O) groups is 1. The van der Waals surface area contributed by atoms with Crippen LogP contribution in [0.4, 0.5) is 0 Å². The third kappa shape index (κ3) is 5.66. The highest BCUT2D eigenvalue weighted by Crippen LogP contribution is 2.19. The van der Waals surface area contributed by atoms with Crippen molar-refractivity contribution in [1.29, 1.82) is 0 Å². The van der Waals surface area contributed by atoms with Crippen LogP contribution in [0.2, 0.25) is 0 Å². The summed E-state index contributed by atoms with van der Waals surface area (Å²) in [6.45, 7) is 2.24. The number of hydrogen-bond acceptors (Lipinski definition) is 5. The molecule has 0 saturated heterocycles. The molecule has 0 unspecified atom stereocenters. The summed E-state index contributed by atoms with van der Waals surface area (Å²) in [5.41, 5.74) is 2.57. The van der Waals surface area contributed by atoms with Crippen LogP contribution in [-0.4, -0.2) is 37.3 Å². The Morgan fingerprint density at radius 3 is 2.48 bits per heavy atom. The molecule has 0 atom stereocenters. The normalized spacial score (nSPS) is 14.2. The predicted octanol–water partition coefficient (Wildman–Crippen LogP) is 2.65. The maximum Gasteiger partial charge on any atom is 0.261 e. The first kappa shape index (κ1) is 22.7. The number of benzene rings is 2. The van der Waals surface area contributed by atoms with Crippen LogP contribution in [0.1, 0.15) is 27.2 Å². The van der Waals surface area contributed by atoms with E-state index in [0.717, 1.165) is 29.8 Å². The summed E-state index contributed by atoms with van der Waals surface area (Å²) >= 11 is 0. The van der Waals surface area contributed by atoms with E-state index in [0.29, 0.717) is 13.0 Å². The van der Waals surface area contributed by atoms with Gasteiger partial charge in [-0.2, -0.15) is 0 Å². The van der Waals surface area contributed by atoms with Gasteiger partial charge < -0.3 is 10.3 Å². The maximum atomic E-state index is 12.6. The van der Waals surface area contributed by atoms with E-state index in [2.05, 4.69) is 27.3 Å². The Hall–Kier alpha value is -3.49. The average Bonchev–Trinajstić information content (AvgIpc) is 2.83. The fourth-order valence-corrected chi connectivity index (χ4v) is 4.86. The molecule has 2 heterocycles. The molecule has 0 bridgehead atoms. The highest BCUT2D eigenvalue weighted by Gasteiger charge is 2.21. The molecule has 2 aromatic carbocycles. The first-order valence-electron chi connectivity index (χ1n) is 10.7. The van der Waals surface area contributed by atoms with Crippen LogP contribution in [0.3, 0.4) is 0 Å². The van der Waals surface area contributed by atoms with Crippen molar-refractivity contribution in [1.82, 2.24) is 15.2 Å². The van der Waals surface area contributed by atoms with Gasteiger partial charge in [-0.05, 0) is 29.3 Å². The van der Waals surface area contributed by atoms with Gasteiger partial charge in [-0.3, -0.25) is 14.5 Å². The van der Waals surface area contributed by atoms with E-state index in [1.54, 1.807) is 24.3 Å². The van der Waals surface area contributed by atoms with Gasteiger partial charge in [0.1, 0.15) is 5.56 Å². The molecular formula is C25H25N3O4S. The number of aromatic nitrogens is 1. The van der Waals surface area contributed by atoms with Crippen molar-refractivity contribution in [2.24, 2.45) is 0 Å². The SMILES string of the molecule is O=C(NC/C=C/S(=O)(=O)c1ccccc1)c1cc2c([nH]c1=O)CCN(Cc1ccccc1)C2. The summed E-state index contributed by atoms with van der Waals surface area (Å²) in [4.78, 5) is 30.3. The van der Waals surface area contributed by atoms with E-state index >= 15 is 0 Å². The number of nitrogens with one attached hydrogen (secondary N) is 2. The molecule has 4 rings (SSSR count). The van der Waals surface area contributed by atoms with Gasteiger partial charge in [0, 0.05) is 43.7 Å². The molecule has 0 fully saturated rings. The van der Waals surface area contributed by atoms with Crippen LogP contribution in [0, 0.1) is 0 Å². The molecule has 0 saturated carbocycles. The second-order valence-electron chi connectivity index (χ2n) is 7.90. The van der Waals surface area contributed by atoms with Crippen LogP contribution in [-0.2, 0) is 29.3 Å². The van der Waals surface area contributed by atoms with Gasteiger partial charge in [0.05, 0.1) is 4.90 Å². The molecule has 0 spiro atoms. The van der Waals surface area contributed by atoms with Gasteiger partial charge in [0.2, 0.25) is 0 Å². The summed E-state index contributed by atoms with van der Waals surface area (Å²) < 4.78 is 24.5. The Balaban J connectivity index is 1.40. The van der Waals surface area contributed by atoms with Gasteiger partial charge in [-0.1, -0.05) is 54.6 Å². The number of fused-ring (bicyclic) bond motifs is 1. The summed E-state index contributed by atoms with van der Waals surface area (Å²) in [6.07, 6.45) is 2.06. The summed E-state index contributed by atoms with van der Waals surface area (Å²) in [5.74, 6) is -0.541. The van der Waals surface area contributed by atoms with E-state index < -0.39 is 21.3 Å². The number of carbonyl (C=O) groups excluding carboxylic acids is 1. The minimum atomic E-state index is -3.58. The van der Waals surface area contributed by atoms with E-state index in [1.165, 1.54) is 23.8 Å². The fraction of sp³-hybridized carbons (Fsp3) is 0.200. The number of nitrogens with zero attached hydrogens (tertiary/aromatic N) is 1.